The summed E-state index contributed by atoms with van der Waals surface area (Å²) in [4.78, 5) is 17.2. The number of rotatable bonds is 7. The van der Waals surface area contributed by atoms with Gasteiger partial charge in [-0.3, -0.25) is 4.79 Å². The molecule has 0 aliphatic carbocycles. The molecule has 0 aliphatic heterocycles. The third kappa shape index (κ3) is 4.38. The number of carbonyl (C=O) groups excluding carboxylic acids is 1. The summed E-state index contributed by atoms with van der Waals surface area (Å²) in [6.45, 7) is 1.91. The second kappa shape index (κ2) is 8.92. The zero-order chi connectivity index (χ0) is 21.8. The van der Waals surface area contributed by atoms with Crippen molar-refractivity contribution in [3.63, 3.8) is 0 Å². The first kappa shape index (κ1) is 20.5. The number of thiazole rings is 1. The number of tetrazole rings is 1. The number of nitrogens with one attached hydrogen (secondary N) is 1. The Bertz CT molecular complexity index is 1210. The first-order chi connectivity index (χ1) is 15.1. The van der Waals surface area contributed by atoms with Gasteiger partial charge in [-0.1, -0.05) is 6.07 Å². The molecule has 0 bridgehead atoms. The number of ether oxygens (including phenoxy) is 2. The van der Waals surface area contributed by atoms with E-state index < -0.39 is 0 Å². The molecule has 0 saturated heterocycles. The van der Waals surface area contributed by atoms with Crippen LogP contribution in [0.4, 0.5) is 5.69 Å². The molecule has 2 aromatic heterocycles. The Balaban J connectivity index is 1.47. The Morgan fingerprint density at radius 1 is 1.16 bits per heavy atom. The second-order valence-corrected chi connectivity index (χ2v) is 7.50. The van der Waals surface area contributed by atoms with Crippen molar-refractivity contribution >= 4 is 22.9 Å². The van der Waals surface area contributed by atoms with Crippen molar-refractivity contribution in [2.45, 2.75) is 13.3 Å². The minimum Gasteiger partial charge on any atom is -0.493 e. The summed E-state index contributed by atoms with van der Waals surface area (Å²) in [6, 6.07) is 11.2. The molecule has 31 heavy (non-hydrogen) atoms. The van der Waals surface area contributed by atoms with Gasteiger partial charge in [-0.15, -0.1) is 16.4 Å². The third-order valence-electron chi connectivity index (χ3n) is 4.70. The van der Waals surface area contributed by atoms with E-state index in [1.807, 2.05) is 48.7 Å². The number of methoxy groups -OCH3 is 2. The maximum atomic E-state index is 12.6. The van der Waals surface area contributed by atoms with E-state index in [4.69, 9.17) is 9.47 Å². The lowest BCUT2D eigenvalue weighted by atomic mass is 10.1. The monoisotopic (exact) mass is 436 g/mol. The van der Waals surface area contributed by atoms with Gasteiger partial charge >= 0.3 is 0 Å². The highest BCUT2D eigenvalue weighted by Crippen LogP contribution is 2.33. The van der Waals surface area contributed by atoms with Crippen molar-refractivity contribution in [3.8, 4) is 27.8 Å². The molecule has 0 aliphatic rings. The molecule has 4 aromatic rings. The minimum atomic E-state index is -0.152. The van der Waals surface area contributed by atoms with Crippen LogP contribution < -0.4 is 14.8 Å². The molecule has 0 radical (unpaired) electrons. The largest absolute Gasteiger partial charge is 0.493 e. The van der Waals surface area contributed by atoms with Gasteiger partial charge in [0.2, 0.25) is 5.91 Å². The molecule has 2 aromatic carbocycles. The van der Waals surface area contributed by atoms with Gasteiger partial charge in [0.1, 0.15) is 11.3 Å². The molecule has 2 heterocycles. The van der Waals surface area contributed by atoms with Crippen molar-refractivity contribution < 1.29 is 14.3 Å². The summed E-state index contributed by atoms with van der Waals surface area (Å²) in [5.74, 6) is 1.13. The van der Waals surface area contributed by atoms with E-state index in [0.717, 1.165) is 21.8 Å². The number of nitrogens with zero attached hydrogens (tertiary/aromatic N) is 5. The zero-order valence-electron chi connectivity index (χ0n) is 17.2. The fraction of sp³-hybridized carbons (Fsp3) is 0.190. The Morgan fingerprint density at radius 3 is 2.74 bits per heavy atom. The number of carbonyl (C=O) groups is 1. The molecule has 9 nitrogen and oxygen atoms in total. The summed E-state index contributed by atoms with van der Waals surface area (Å²) in [7, 11) is 3.19. The first-order valence-corrected chi connectivity index (χ1v) is 10.3. The van der Waals surface area contributed by atoms with Gasteiger partial charge in [0.25, 0.3) is 0 Å². The van der Waals surface area contributed by atoms with Crippen LogP contribution in [0.25, 0.3) is 16.3 Å². The quantitative estimate of drug-likeness (QED) is 0.474. The van der Waals surface area contributed by atoms with Gasteiger partial charge in [-0.25, -0.2) is 9.67 Å². The zero-order valence-corrected chi connectivity index (χ0v) is 18.0. The predicted octanol–water partition coefficient (Wildman–Crippen LogP) is 3.29. The smallest absolute Gasteiger partial charge is 0.230 e. The molecule has 1 N–H and O–H groups in total. The van der Waals surface area contributed by atoms with Crippen LogP contribution in [-0.2, 0) is 11.2 Å². The van der Waals surface area contributed by atoms with Crippen LogP contribution >= 0.6 is 11.3 Å². The highest BCUT2D eigenvalue weighted by Gasteiger charge is 2.14. The van der Waals surface area contributed by atoms with Crippen molar-refractivity contribution in [2.24, 2.45) is 0 Å². The van der Waals surface area contributed by atoms with Crippen molar-refractivity contribution in [2.75, 3.05) is 19.5 Å². The molecule has 0 fully saturated rings. The van der Waals surface area contributed by atoms with Gasteiger partial charge in [0, 0.05) is 16.6 Å². The number of hydrogen-bond acceptors (Lipinski definition) is 8. The van der Waals surface area contributed by atoms with Crippen LogP contribution in [0.2, 0.25) is 0 Å². The van der Waals surface area contributed by atoms with Crippen LogP contribution in [0, 0.1) is 6.92 Å². The standard InChI is InChI=1S/C21H20N6O3S/c1-13-16(5-4-6-17(13)27-12-22-25-26-27)24-20(28)10-15-11-31-21(23-15)14-7-8-18(29-2)19(9-14)30-3/h4-9,11-12H,10H2,1-3H3,(H,24,28). The van der Waals surface area contributed by atoms with Crippen LogP contribution in [0.3, 0.4) is 0 Å². The molecular weight excluding hydrogens is 416 g/mol. The maximum Gasteiger partial charge on any atom is 0.230 e. The van der Waals surface area contributed by atoms with Crippen molar-refractivity contribution in [1.82, 2.24) is 25.2 Å². The van der Waals surface area contributed by atoms with Gasteiger partial charge in [0.05, 0.1) is 32.0 Å². The number of hydrogen-bond donors (Lipinski definition) is 1. The third-order valence-corrected chi connectivity index (χ3v) is 5.64. The predicted molar refractivity (Wildman–Crippen MR) is 117 cm³/mol. The molecule has 0 atom stereocenters. The Morgan fingerprint density at radius 2 is 2.00 bits per heavy atom. The molecule has 0 saturated carbocycles. The van der Waals surface area contributed by atoms with E-state index in [0.29, 0.717) is 22.9 Å². The number of anilines is 1. The Hall–Kier alpha value is -3.79. The summed E-state index contributed by atoms with van der Waals surface area (Å²) < 4.78 is 12.2. The van der Waals surface area contributed by atoms with Gasteiger partial charge < -0.3 is 14.8 Å². The van der Waals surface area contributed by atoms with Crippen molar-refractivity contribution in [3.05, 3.63) is 59.4 Å². The SMILES string of the molecule is COc1ccc(-c2nc(CC(=O)Nc3cccc(-n4cnnn4)c3C)cs2)cc1OC. The van der Waals surface area contributed by atoms with Crippen LogP contribution in [0.15, 0.2) is 48.1 Å². The van der Waals surface area contributed by atoms with Crippen LogP contribution in [0.1, 0.15) is 11.3 Å². The minimum absolute atomic E-state index is 0.152. The summed E-state index contributed by atoms with van der Waals surface area (Å²) in [5, 5.41) is 16.9. The van der Waals surface area contributed by atoms with Crippen molar-refractivity contribution in [1.29, 1.82) is 0 Å². The van der Waals surface area contributed by atoms with E-state index in [9.17, 15) is 4.79 Å². The van der Waals surface area contributed by atoms with Crippen LogP contribution in [0.5, 0.6) is 11.5 Å². The fourth-order valence-electron chi connectivity index (χ4n) is 3.13. The second-order valence-electron chi connectivity index (χ2n) is 6.64. The van der Waals surface area contributed by atoms with E-state index in [2.05, 4.69) is 25.8 Å². The average molecular weight is 436 g/mol. The van der Waals surface area contributed by atoms with Gasteiger partial charge in [-0.2, -0.15) is 0 Å². The Kier molecular flexibility index (Phi) is 5.89. The molecule has 10 heteroatoms. The number of amides is 1. The van der Waals surface area contributed by atoms with E-state index >= 15 is 0 Å². The van der Waals surface area contributed by atoms with Gasteiger partial charge in [-0.05, 0) is 53.2 Å². The van der Waals surface area contributed by atoms with Crippen LogP contribution in [-0.4, -0.2) is 45.3 Å². The molecule has 0 spiro atoms. The molecule has 4 rings (SSSR count). The lowest BCUT2D eigenvalue weighted by Gasteiger charge is -2.11. The highest BCUT2D eigenvalue weighted by atomic mass is 32.1. The summed E-state index contributed by atoms with van der Waals surface area (Å²) in [5.41, 5.74) is 3.97. The molecule has 1 amide bonds. The van der Waals surface area contributed by atoms with Gasteiger partial charge in [0.15, 0.2) is 11.5 Å². The fourth-order valence-corrected chi connectivity index (χ4v) is 3.94. The van der Waals surface area contributed by atoms with E-state index in [-0.39, 0.29) is 12.3 Å². The lowest BCUT2D eigenvalue weighted by Crippen LogP contribution is -2.16. The Labute approximate surface area is 182 Å². The summed E-state index contributed by atoms with van der Waals surface area (Å²) in [6.07, 6.45) is 1.68. The molecular formula is C21H20N6O3S. The normalized spacial score (nSPS) is 10.7. The molecule has 158 valence electrons. The average Bonchev–Trinajstić information content (AvgIpc) is 3.47. The maximum absolute atomic E-state index is 12.6. The highest BCUT2D eigenvalue weighted by molar-refractivity contribution is 7.13. The van der Waals surface area contributed by atoms with E-state index in [1.165, 1.54) is 17.7 Å². The topological polar surface area (TPSA) is 104 Å². The van der Waals surface area contributed by atoms with E-state index in [1.54, 1.807) is 18.9 Å². The summed E-state index contributed by atoms with van der Waals surface area (Å²) >= 11 is 1.47. The lowest BCUT2D eigenvalue weighted by molar-refractivity contribution is -0.115. The number of aromatic nitrogens is 5. The number of benzene rings is 2. The first-order valence-electron chi connectivity index (χ1n) is 9.38. The molecule has 0 unspecified atom stereocenters.